The van der Waals surface area contributed by atoms with Crippen molar-refractivity contribution in [1.82, 2.24) is 10.3 Å². The largest absolute Gasteiger partial charge is 0.489 e. The monoisotopic (exact) mass is 384 g/mol. The molecule has 4 nitrogen and oxygen atoms in total. The predicted octanol–water partition coefficient (Wildman–Crippen LogP) is 3.89. The Hall–Kier alpha value is -2.71. The molecule has 0 radical (unpaired) electrons. The normalized spacial score (nSPS) is 22.4. The van der Waals surface area contributed by atoms with Crippen LogP contribution in [0, 0.1) is 11.7 Å². The number of amides is 1. The van der Waals surface area contributed by atoms with Crippen LogP contribution in [-0.2, 0) is 11.3 Å². The summed E-state index contributed by atoms with van der Waals surface area (Å²) in [5, 5.41) is 2.54. The van der Waals surface area contributed by atoms with Gasteiger partial charge in [0, 0.05) is 18.0 Å². The molecule has 1 aliphatic heterocycles. The van der Waals surface area contributed by atoms with Gasteiger partial charge in [0.25, 0.3) is 12.9 Å². The van der Waals surface area contributed by atoms with Gasteiger partial charge >= 0.3 is 0 Å². The Morgan fingerprint density at radius 3 is 2.41 bits per heavy atom. The van der Waals surface area contributed by atoms with Crippen molar-refractivity contribution in [2.45, 2.75) is 31.4 Å². The first kappa shape index (κ1) is 17.7. The van der Waals surface area contributed by atoms with Crippen LogP contribution in [0.1, 0.15) is 41.3 Å². The number of alkyl halides is 4. The standard InChI is InChI=1S/C18H13F5N2O2/c19-8-1-2-12-9(5-8)13-14(15(13)27-12)18(26)24-6-7-3-10(16(20)21)25-11(4-7)17(22)23/h1-5,13-17H,6H2,(H,24,26). The van der Waals surface area contributed by atoms with Crippen molar-refractivity contribution < 1.29 is 31.5 Å². The number of halogens is 5. The van der Waals surface area contributed by atoms with E-state index in [4.69, 9.17) is 4.74 Å². The molecule has 2 aliphatic rings. The zero-order valence-electron chi connectivity index (χ0n) is 13.6. The molecule has 1 aromatic carbocycles. The van der Waals surface area contributed by atoms with Crippen molar-refractivity contribution in [1.29, 1.82) is 0 Å². The third-order valence-electron chi connectivity index (χ3n) is 4.69. The van der Waals surface area contributed by atoms with Crippen molar-refractivity contribution in [3.05, 3.63) is 58.7 Å². The Kier molecular flexibility index (Phi) is 4.24. The summed E-state index contributed by atoms with van der Waals surface area (Å²) in [7, 11) is 0. The van der Waals surface area contributed by atoms with Crippen LogP contribution >= 0.6 is 0 Å². The molecule has 1 aromatic heterocycles. The Bertz CT molecular complexity index is 879. The minimum absolute atomic E-state index is 0.0992. The second-order valence-corrected chi connectivity index (χ2v) is 6.46. The lowest BCUT2D eigenvalue weighted by Gasteiger charge is -2.11. The number of fused-ring (bicyclic) bond motifs is 3. The van der Waals surface area contributed by atoms with E-state index < -0.39 is 48.0 Å². The second-order valence-electron chi connectivity index (χ2n) is 6.46. The van der Waals surface area contributed by atoms with Gasteiger partial charge in [-0.2, -0.15) is 0 Å². The van der Waals surface area contributed by atoms with E-state index >= 15 is 0 Å². The molecule has 2 aromatic rings. The smallest absolute Gasteiger partial charge is 0.280 e. The van der Waals surface area contributed by atoms with Gasteiger partial charge in [0.15, 0.2) is 0 Å². The van der Waals surface area contributed by atoms with Crippen LogP contribution in [-0.4, -0.2) is 17.0 Å². The number of nitrogens with one attached hydrogen (secondary N) is 1. The highest BCUT2D eigenvalue weighted by Crippen LogP contribution is 2.58. The van der Waals surface area contributed by atoms with Gasteiger partial charge in [0.2, 0.25) is 5.91 Å². The van der Waals surface area contributed by atoms with E-state index in [0.29, 0.717) is 11.3 Å². The molecule has 1 fully saturated rings. The van der Waals surface area contributed by atoms with Crippen molar-refractivity contribution in [3.8, 4) is 5.75 Å². The molecule has 2 heterocycles. The third kappa shape index (κ3) is 3.22. The van der Waals surface area contributed by atoms with Gasteiger partial charge in [-0.25, -0.2) is 26.9 Å². The number of nitrogens with zero attached hydrogens (tertiary/aromatic N) is 1. The molecule has 0 bridgehead atoms. The van der Waals surface area contributed by atoms with Crippen molar-refractivity contribution in [2.24, 2.45) is 5.92 Å². The summed E-state index contributed by atoms with van der Waals surface area (Å²) in [5.41, 5.74) is -0.827. The molecular weight excluding hydrogens is 371 g/mol. The highest BCUT2D eigenvalue weighted by molar-refractivity contribution is 5.85. The molecule has 1 saturated carbocycles. The fourth-order valence-corrected chi connectivity index (χ4v) is 3.41. The molecule has 142 valence electrons. The van der Waals surface area contributed by atoms with Crippen LogP contribution in [0.5, 0.6) is 5.75 Å². The first-order valence-electron chi connectivity index (χ1n) is 8.16. The van der Waals surface area contributed by atoms with Gasteiger partial charge in [0.1, 0.15) is 29.1 Å². The average molecular weight is 384 g/mol. The summed E-state index contributed by atoms with van der Waals surface area (Å²) >= 11 is 0. The molecule has 9 heteroatoms. The maximum absolute atomic E-state index is 13.4. The van der Waals surface area contributed by atoms with Gasteiger partial charge in [-0.15, -0.1) is 0 Å². The van der Waals surface area contributed by atoms with Crippen LogP contribution in [0.4, 0.5) is 22.0 Å². The van der Waals surface area contributed by atoms with Crippen molar-refractivity contribution in [2.75, 3.05) is 0 Å². The molecule has 1 amide bonds. The number of hydrogen-bond acceptors (Lipinski definition) is 3. The van der Waals surface area contributed by atoms with Crippen molar-refractivity contribution >= 4 is 5.91 Å². The van der Waals surface area contributed by atoms with E-state index in [1.165, 1.54) is 18.2 Å². The summed E-state index contributed by atoms with van der Waals surface area (Å²) in [6.07, 6.45) is -6.39. The fourth-order valence-electron chi connectivity index (χ4n) is 3.41. The predicted molar refractivity (Wildman–Crippen MR) is 83.0 cm³/mol. The Labute approximate surface area is 150 Å². The Morgan fingerprint density at radius 1 is 1.11 bits per heavy atom. The van der Waals surface area contributed by atoms with Crippen LogP contribution in [0.3, 0.4) is 0 Å². The second kappa shape index (κ2) is 6.47. The number of carbonyl (C=O) groups is 1. The number of hydrogen-bond donors (Lipinski definition) is 1. The summed E-state index contributed by atoms with van der Waals surface area (Å²) in [6, 6.07) is 6.04. The van der Waals surface area contributed by atoms with E-state index in [1.54, 1.807) is 0 Å². The lowest BCUT2D eigenvalue weighted by molar-refractivity contribution is -0.123. The molecule has 4 rings (SSSR count). The first-order chi connectivity index (χ1) is 12.8. The minimum Gasteiger partial charge on any atom is -0.489 e. The molecule has 0 saturated heterocycles. The quantitative estimate of drug-likeness (QED) is 0.796. The lowest BCUT2D eigenvalue weighted by Crippen LogP contribution is -2.27. The number of rotatable bonds is 5. The molecular formula is C18H13F5N2O2. The number of carbonyl (C=O) groups excluding carboxylic acids is 1. The summed E-state index contributed by atoms with van der Waals surface area (Å²) < 4.78 is 70.2. The summed E-state index contributed by atoms with van der Waals surface area (Å²) in [5.74, 6) is -1.09. The van der Waals surface area contributed by atoms with E-state index in [1.807, 2.05) is 0 Å². The topological polar surface area (TPSA) is 51.2 Å². The highest BCUT2D eigenvalue weighted by atomic mass is 19.3. The van der Waals surface area contributed by atoms with Crippen LogP contribution < -0.4 is 10.1 Å². The molecule has 3 atom stereocenters. The van der Waals surface area contributed by atoms with Gasteiger partial charge in [-0.3, -0.25) is 4.79 Å². The summed E-state index contributed by atoms with van der Waals surface area (Å²) in [4.78, 5) is 15.5. The average Bonchev–Trinajstić information content (AvgIpc) is 3.23. The Morgan fingerprint density at radius 2 is 1.78 bits per heavy atom. The van der Waals surface area contributed by atoms with E-state index in [9.17, 15) is 26.7 Å². The highest BCUT2D eigenvalue weighted by Gasteiger charge is 2.62. The van der Waals surface area contributed by atoms with Crippen molar-refractivity contribution in [3.63, 3.8) is 0 Å². The maximum Gasteiger partial charge on any atom is 0.280 e. The fraction of sp³-hybridized carbons (Fsp3) is 0.333. The van der Waals surface area contributed by atoms with Crippen LogP contribution in [0.25, 0.3) is 0 Å². The molecule has 0 spiro atoms. The van der Waals surface area contributed by atoms with E-state index in [2.05, 4.69) is 10.3 Å². The number of benzene rings is 1. The zero-order valence-corrected chi connectivity index (χ0v) is 13.6. The maximum atomic E-state index is 13.4. The SMILES string of the molecule is O=C(NCc1cc(C(F)F)nc(C(F)F)c1)C1C2Oc3ccc(F)cc3C21. The van der Waals surface area contributed by atoms with E-state index in [-0.39, 0.29) is 18.0 Å². The number of ether oxygens (including phenoxy) is 1. The van der Waals surface area contributed by atoms with Gasteiger partial charge in [-0.05, 0) is 35.9 Å². The van der Waals surface area contributed by atoms with Gasteiger partial charge in [-0.1, -0.05) is 0 Å². The lowest BCUT2D eigenvalue weighted by atomic mass is 10.1. The number of pyridine rings is 1. The Balaban J connectivity index is 1.44. The van der Waals surface area contributed by atoms with Crippen LogP contribution in [0.2, 0.25) is 0 Å². The first-order valence-corrected chi connectivity index (χ1v) is 8.16. The van der Waals surface area contributed by atoms with Crippen LogP contribution in [0.15, 0.2) is 30.3 Å². The molecule has 3 unspecified atom stereocenters. The zero-order chi connectivity index (χ0) is 19.3. The third-order valence-corrected chi connectivity index (χ3v) is 4.69. The minimum atomic E-state index is -3.00. The van der Waals surface area contributed by atoms with Gasteiger partial charge in [0.05, 0.1) is 5.92 Å². The van der Waals surface area contributed by atoms with E-state index in [0.717, 1.165) is 12.1 Å². The van der Waals surface area contributed by atoms with Gasteiger partial charge < -0.3 is 10.1 Å². The molecule has 1 aliphatic carbocycles. The molecule has 1 N–H and O–H groups in total. The summed E-state index contributed by atoms with van der Waals surface area (Å²) in [6.45, 7) is -0.202. The molecule has 27 heavy (non-hydrogen) atoms. The number of aromatic nitrogens is 1.